The Morgan fingerprint density at radius 3 is 2.67 bits per heavy atom. The molecule has 0 aromatic heterocycles. The summed E-state index contributed by atoms with van der Waals surface area (Å²) < 4.78 is 18.4. The van der Waals surface area contributed by atoms with E-state index in [-0.39, 0.29) is 54.3 Å². The van der Waals surface area contributed by atoms with Crippen molar-refractivity contribution in [2.45, 2.75) is 19.8 Å². The molecule has 0 aliphatic carbocycles. The molecule has 1 amide bonds. The fraction of sp³-hybridized carbons (Fsp3) is 0.556. The lowest BCUT2D eigenvalue weighted by Gasteiger charge is -2.27. The van der Waals surface area contributed by atoms with Gasteiger partial charge in [0.05, 0.1) is 6.61 Å². The van der Waals surface area contributed by atoms with Gasteiger partial charge in [0, 0.05) is 37.4 Å². The molecule has 7 nitrogen and oxygen atoms in total. The zero-order valence-corrected chi connectivity index (χ0v) is 17.8. The van der Waals surface area contributed by atoms with E-state index in [0.29, 0.717) is 44.4 Å². The van der Waals surface area contributed by atoms with Crippen molar-refractivity contribution in [1.82, 2.24) is 10.6 Å². The number of hydrogen-bond acceptors (Lipinski definition) is 4. The number of carbonyl (C=O) groups excluding carboxylic acids is 1. The van der Waals surface area contributed by atoms with Crippen LogP contribution in [0.5, 0.6) is 0 Å². The van der Waals surface area contributed by atoms with Crippen LogP contribution in [0.3, 0.4) is 0 Å². The highest BCUT2D eigenvalue weighted by atomic mass is 127. The molecular formula is C18H28FIN4O3. The van der Waals surface area contributed by atoms with E-state index in [4.69, 9.17) is 4.74 Å². The zero-order valence-electron chi connectivity index (χ0n) is 15.5. The molecular weight excluding hydrogens is 466 g/mol. The summed E-state index contributed by atoms with van der Waals surface area (Å²) in [5, 5.41) is 18.3. The van der Waals surface area contributed by atoms with E-state index in [2.05, 4.69) is 20.9 Å². The summed E-state index contributed by atoms with van der Waals surface area (Å²) in [6, 6.07) is 5.57. The van der Waals surface area contributed by atoms with Gasteiger partial charge in [-0.25, -0.2) is 9.38 Å². The second-order valence-corrected chi connectivity index (χ2v) is 6.38. The number of anilines is 1. The van der Waals surface area contributed by atoms with E-state index < -0.39 is 0 Å². The minimum absolute atomic E-state index is 0. The number of rotatable bonds is 8. The molecule has 2 rings (SSSR count). The van der Waals surface area contributed by atoms with Crippen LogP contribution in [0.2, 0.25) is 0 Å². The quantitative estimate of drug-likeness (QED) is 0.251. The van der Waals surface area contributed by atoms with Crippen molar-refractivity contribution in [2.75, 3.05) is 44.8 Å². The van der Waals surface area contributed by atoms with Gasteiger partial charge in [-0.15, -0.1) is 24.0 Å². The maximum atomic E-state index is 12.9. The molecule has 152 valence electrons. The van der Waals surface area contributed by atoms with Crippen LogP contribution in [0.1, 0.15) is 19.8 Å². The Balaban J connectivity index is 0.00000364. The second-order valence-electron chi connectivity index (χ2n) is 6.38. The highest BCUT2D eigenvalue weighted by Gasteiger charge is 2.34. The van der Waals surface area contributed by atoms with Crippen LogP contribution in [-0.4, -0.2) is 56.4 Å². The molecule has 4 N–H and O–H groups in total. The molecule has 9 heteroatoms. The summed E-state index contributed by atoms with van der Waals surface area (Å²) in [5.74, 6) is -0.110. The molecule has 1 aromatic carbocycles. The summed E-state index contributed by atoms with van der Waals surface area (Å²) in [6.45, 7) is 4.56. The SMILES string of the molecule is CCNC(=NCC(=O)Nc1ccc(F)cc1)NCC1(CCO)CCOC1.I. The molecule has 1 saturated heterocycles. The Hall–Kier alpha value is -1.46. The molecule has 1 atom stereocenters. The van der Waals surface area contributed by atoms with Crippen molar-refractivity contribution in [3.05, 3.63) is 30.1 Å². The molecule has 1 unspecified atom stereocenters. The van der Waals surface area contributed by atoms with Gasteiger partial charge in [0.1, 0.15) is 12.4 Å². The number of aliphatic imine (C=N–C) groups is 1. The van der Waals surface area contributed by atoms with Crippen LogP contribution in [0.15, 0.2) is 29.3 Å². The maximum Gasteiger partial charge on any atom is 0.246 e. The third-order valence-electron chi connectivity index (χ3n) is 4.31. The second kappa shape index (κ2) is 12.1. The Labute approximate surface area is 176 Å². The van der Waals surface area contributed by atoms with Crippen LogP contribution in [0.25, 0.3) is 0 Å². The topological polar surface area (TPSA) is 95.0 Å². The predicted molar refractivity (Wildman–Crippen MR) is 114 cm³/mol. The molecule has 0 saturated carbocycles. The number of aliphatic hydroxyl groups is 1. The number of hydrogen-bond donors (Lipinski definition) is 4. The van der Waals surface area contributed by atoms with Crippen LogP contribution in [0, 0.1) is 11.2 Å². The van der Waals surface area contributed by atoms with Gasteiger partial charge in [-0.05, 0) is 44.0 Å². The van der Waals surface area contributed by atoms with Gasteiger partial charge in [0.15, 0.2) is 5.96 Å². The molecule has 0 spiro atoms. The average Bonchev–Trinajstić information content (AvgIpc) is 3.08. The van der Waals surface area contributed by atoms with Crippen molar-refractivity contribution < 1.29 is 19.0 Å². The van der Waals surface area contributed by atoms with Gasteiger partial charge < -0.3 is 25.8 Å². The van der Waals surface area contributed by atoms with Gasteiger partial charge in [0.2, 0.25) is 5.91 Å². The number of nitrogens with zero attached hydrogens (tertiary/aromatic N) is 1. The van der Waals surface area contributed by atoms with E-state index in [1.54, 1.807) is 0 Å². The summed E-state index contributed by atoms with van der Waals surface area (Å²) in [4.78, 5) is 16.3. The largest absolute Gasteiger partial charge is 0.396 e. The molecule has 1 aromatic rings. The number of ether oxygens (including phenoxy) is 1. The summed E-state index contributed by atoms with van der Waals surface area (Å²) in [5.41, 5.74) is 0.413. The molecule has 1 aliphatic heterocycles. The van der Waals surface area contributed by atoms with E-state index in [9.17, 15) is 14.3 Å². The first-order chi connectivity index (χ1) is 12.6. The van der Waals surface area contributed by atoms with Gasteiger partial charge in [-0.2, -0.15) is 0 Å². The van der Waals surface area contributed by atoms with Gasteiger partial charge in [-0.1, -0.05) is 0 Å². The zero-order chi connectivity index (χ0) is 18.8. The van der Waals surface area contributed by atoms with Crippen molar-refractivity contribution in [3.63, 3.8) is 0 Å². The maximum absolute atomic E-state index is 12.9. The van der Waals surface area contributed by atoms with Crippen LogP contribution < -0.4 is 16.0 Å². The van der Waals surface area contributed by atoms with E-state index in [0.717, 1.165) is 6.42 Å². The number of aliphatic hydroxyl groups excluding tert-OH is 1. The monoisotopic (exact) mass is 494 g/mol. The minimum Gasteiger partial charge on any atom is -0.396 e. The highest BCUT2D eigenvalue weighted by Crippen LogP contribution is 2.31. The van der Waals surface area contributed by atoms with E-state index >= 15 is 0 Å². The lowest BCUT2D eigenvalue weighted by atomic mass is 9.84. The smallest absolute Gasteiger partial charge is 0.246 e. The van der Waals surface area contributed by atoms with Gasteiger partial charge in [0.25, 0.3) is 0 Å². The molecule has 27 heavy (non-hydrogen) atoms. The number of carbonyl (C=O) groups is 1. The Morgan fingerprint density at radius 2 is 2.07 bits per heavy atom. The normalized spacial score (nSPS) is 19.3. The lowest BCUT2D eigenvalue weighted by Crippen LogP contribution is -2.44. The van der Waals surface area contributed by atoms with Crippen LogP contribution in [-0.2, 0) is 9.53 Å². The van der Waals surface area contributed by atoms with E-state index in [1.165, 1.54) is 24.3 Å². The number of benzene rings is 1. The molecule has 1 heterocycles. The van der Waals surface area contributed by atoms with Crippen LogP contribution >= 0.6 is 24.0 Å². The number of nitrogens with one attached hydrogen (secondary N) is 3. The molecule has 1 aliphatic rings. The summed E-state index contributed by atoms with van der Waals surface area (Å²) >= 11 is 0. The van der Waals surface area contributed by atoms with Crippen LogP contribution in [0.4, 0.5) is 10.1 Å². The first-order valence-electron chi connectivity index (χ1n) is 8.83. The number of guanidine groups is 1. The van der Waals surface area contributed by atoms with Gasteiger partial charge in [-0.3, -0.25) is 4.79 Å². The van der Waals surface area contributed by atoms with Crippen molar-refractivity contribution in [1.29, 1.82) is 0 Å². The van der Waals surface area contributed by atoms with Crippen molar-refractivity contribution in [3.8, 4) is 0 Å². The van der Waals surface area contributed by atoms with E-state index in [1.807, 2.05) is 6.92 Å². The number of halogens is 2. The lowest BCUT2D eigenvalue weighted by molar-refractivity contribution is -0.114. The Bertz CT molecular complexity index is 607. The Kier molecular flexibility index (Phi) is 10.6. The highest BCUT2D eigenvalue weighted by molar-refractivity contribution is 14.0. The standard InChI is InChI=1S/C18H27FN4O3.HI/c1-2-20-17(22-12-18(7-9-24)8-10-26-13-18)21-11-16(25)23-15-5-3-14(19)4-6-15;/h3-6,24H,2,7-13H2,1H3,(H,23,25)(H2,20,21,22);1H. The fourth-order valence-electron chi connectivity index (χ4n) is 2.81. The van der Waals surface area contributed by atoms with Gasteiger partial charge >= 0.3 is 0 Å². The molecule has 0 bridgehead atoms. The first-order valence-corrected chi connectivity index (χ1v) is 8.83. The first kappa shape index (κ1) is 23.6. The molecule has 0 radical (unpaired) electrons. The number of amides is 1. The summed E-state index contributed by atoms with van der Waals surface area (Å²) in [6.07, 6.45) is 1.54. The summed E-state index contributed by atoms with van der Waals surface area (Å²) in [7, 11) is 0. The van der Waals surface area contributed by atoms with Crippen molar-refractivity contribution in [2.24, 2.45) is 10.4 Å². The third kappa shape index (κ3) is 7.97. The fourth-order valence-corrected chi connectivity index (χ4v) is 2.81. The average molecular weight is 494 g/mol. The minimum atomic E-state index is -0.354. The predicted octanol–water partition coefficient (Wildman–Crippen LogP) is 1.73. The Morgan fingerprint density at radius 1 is 1.33 bits per heavy atom. The van der Waals surface area contributed by atoms with Crippen molar-refractivity contribution >= 4 is 41.5 Å². The third-order valence-corrected chi connectivity index (χ3v) is 4.31. The molecule has 1 fully saturated rings.